The first-order chi connectivity index (χ1) is 13.5. The number of hydrogen-bond acceptors (Lipinski definition) is 3. The Morgan fingerprint density at radius 2 is 1.82 bits per heavy atom. The summed E-state index contributed by atoms with van der Waals surface area (Å²) in [7, 11) is -0.987. The largest absolute Gasteiger partial charge is 0.463 e. The molecule has 0 heterocycles. The molecule has 0 amide bonds. The smallest absolute Gasteiger partial charge is 0.330 e. The molecule has 150 valence electrons. The van der Waals surface area contributed by atoms with Gasteiger partial charge in [0.2, 0.25) is 0 Å². The highest BCUT2D eigenvalue weighted by molar-refractivity contribution is 7.85. The Morgan fingerprint density at radius 1 is 1.07 bits per heavy atom. The highest BCUT2D eigenvalue weighted by atomic mass is 32.2. The van der Waals surface area contributed by atoms with Crippen LogP contribution >= 0.6 is 0 Å². The van der Waals surface area contributed by atoms with Crippen LogP contribution in [0, 0.1) is 13.8 Å². The summed E-state index contributed by atoms with van der Waals surface area (Å²) in [6.07, 6.45) is 6.87. The minimum absolute atomic E-state index is 0.304. The summed E-state index contributed by atoms with van der Waals surface area (Å²) in [4.78, 5) is 12.7. The van der Waals surface area contributed by atoms with Crippen LogP contribution in [-0.4, -0.2) is 22.5 Å². The number of unbranched alkanes of at least 4 members (excludes halogenated alkanes) is 1. The van der Waals surface area contributed by atoms with Gasteiger partial charge in [-0.25, -0.2) is 4.79 Å². The monoisotopic (exact) mass is 398 g/mol. The van der Waals surface area contributed by atoms with Gasteiger partial charge in [-0.2, -0.15) is 0 Å². The number of aryl methyl sites for hydroxylation is 2. The van der Waals surface area contributed by atoms with Gasteiger partial charge in [-0.1, -0.05) is 49.2 Å². The van der Waals surface area contributed by atoms with Crippen LogP contribution in [0.3, 0.4) is 0 Å². The molecule has 0 aliphatic carbocycles. The van der Waals surface area contributed by atoms with Gasteiger partial charge < -0.3 is 4.74 Å². The van der Waals surface area contributed by atoms with Crippen molar-refractivity contribution in [3.63, 3.8) is 0 Å². The summed E-state index contributed by atoms with van der Waals surface area (Å²) in [5, 5.41) is 0. The molecular weight excluding hydrogens is 368 g/mol. The van der Waals surface area contributed by atoms with Crippen molar-refractivity contribution in [2.45, 2.75) is 51.3 Å². The molecule has 0 radical (unpaired) electrons. The first-order valence-corrected chi connectivity index (χ1v) is 11.2. The minimum atomic E-state index is -0.987. The van der Waals surface area contributed by atoms with Crippen LogP contribution < -0.4 is 0 Å². The van der Waals surface area contributed by atoms with Crippen molar-refractivity contribution in [2.75, 3.05) is 12.4 Å². The van der Waals surface area contributed by atoms with Crippen molar-refractivity contribution in [1.82, 2.24) is 0 Å². The quantitative estimate of drug-likeness (QED) is 0.306. The van der Waals surface area contributed by atoms with Gasteiger partial charge in [0, 0.05) is 16.7 Å². The van der Waals surface area contributed by atoms with Crippen molar-refractivity contribution in [1.29, 1.82) is 0 Å². The molecule has 0 aliphatic heterocycles. The molecule has 0 N–H and O–H groups in total. The van der Waals surface area contributed by atoms with Crippen LogP contribution in [0.2, 0.25) is 0 Å². The van der Waals surface area contributed by atoms with Crippen molar-refractivity contribution < 1.29 is 13.7 Å². The van der Waals surface area contributed by atoms with E-state index in [1.54, 1.807) is 0 Å². The Bertz CT molecular complexity index is 822. The molecular formula is C24H30O3S. The van der Waals surface area contributed by atoms with E-state index in [2.05, 4.69) is 19.9 Å². The number of hydrogen-bond donors (Lipinski definition) is 0. The van der Waals surface area contributed by atoms with E-state index in [0.29, 0.717) is 12.4 Å². The third kappa shape index (κ3) is 7.08. The summed E-state index contributed by atoms with van der Waals surface area (Å²) in [5.41, 5.74) is 4.57. The second-order valence-corrected chi connectivity index (χ2v) is 8.53. The molecule has 0 bridgehead atoms. The zero-order valence-corrected chi connectivity index (χ0v) is 17.9. The van der Waals surface area contributed by atoms with E-state index in [0.717, 1.165) is 36.1 Å². The number of carbonyl (C=O) groups is 1. The Labute approximate surface area is 171 Å². The van der Waals surface area contributed by atoms with Crippen LogP contribution in [0.1, 0.15) is 48.4 Å². The minimum Gasteiger partial charge on any atom is -0.463 e. The third-order valence-electron chi connectivity index (χ3n) is 4.63. The van der Waals surface area contributed by atoms with Crippen molar-refractivity contribution in [2.24, 2.45) is 0 Å². The fourth-order valence-corrected chi connectivity index (χ4v) is 4.02. The zero-order valence-electron chi connectivity index (χ0n) is 17.1. The molecule has 0 aromatic heterocycles. The standard InChI is InChI=1S/C24H30O3S/c1-4-5-17-27-24(25)16-13-21-9-6-8-20(3)23(21)10-7-18-28(26)22-14-11-19(2)12-15-22/h6,8-9,11-16H,4-5,7,10,17-18H2,1-3H3/b16-13+. The highest BCUT2D eigenvalue weighted by Crippen LogP contribution is 2.19. The van der Waals surface area contributed by atoms with E-state index in [9.17, 15) is 9.00 Å². The molecule has 1 unspecified atom stereocenters. The molecule has 2 aromatic carbocycles. The summed E-state index contributed by atoms with van der Waals surface area (Å²) in [6, 6.07) is 14.0. The number of rotatable bonds is 10. The molecule has 3 nitrogen and oxygen atoms in total. The van der Waals surface area contributed by atoms with Crippen LogP contribution in [0.15, 0.2) is 53.4 Å². The second kappa shape index (κ2) is 11.6. The second-order valence-electron chi connectivity index (χ2n) is 6.96. The van der Waals surface area contributed by atoms with Crippen molar-refractivity contribution in [3.8, 4) is 0 Å². The fraction of sp³-hybridized carbons (Fsp3) is 0.375. The van der Waals surface area contributed by atoms with Gasteiger partial charge in [0.1, 0.15) is 0 Å². The summed E-state index contributed by atoms with van der Waals surface area (Å²) in [5.74, 6) is 0.320. The van der Waals surface area contributed by atoms with Crippen LogP contribution in [0.25, 0.3) is 6.08 Å². The molecule has 4 heteroatoms. The average molecular weight is 399 g/mol. The molecule has 0 saturated carbocycles. The molecule has 0 fully saturated rings. The first-order valence-electron chi connectivity index (χ1n) is 9.89. The molecule has 1 atom stereocenters. The van der Waals surface area contributed by atoms with Gasteiger partial charge in [0.15, 0.2) is 0 Å². The Morgan fingerprint density at radius 3 is 2.54 bits per heavy atom. The maximum absolute atomic E-state index is 12.5. The highest BCUT2D eigenvalue weighted by Gasteiger charge is 2.08. The van der Waals surface area contributed by atoms with Gasteiger partial charge in [-0.3, -0.25) is 4.21 Å². The Balaban J connectivity index is 1.96. The summed E-state index contributed by atoms with van der Waals surface area (Å²) >= 11 is 0. The lowest BCUT2D eigenvalue weighted by Gasteiger charge is -2.10. The van der Waals surface area contributed by atoms with Crippen molar-refractivity contribution >= 4 is 22.8 Å². The average Bonchev–Trinajstić information content (AvgIpc) is 2.68. The van der Waals surface area contributed by atoms with Crippen LogP contribution in [0.4, 0.5) is 0 Å². The molecule has 0 spiro atoms. The predicted octanol–water partition coefficient (Wildman–Crippen LogP) is 5.40. The van der Waals surface area contributed by atoms with E-state index in [1.165, 1.54) is 22.8 Å². The van der Waals surface area contributed by atoms with Gasteiger partial charge in [-0.05, 0) is 68.0 Å². The predicted molar refractivity (Wildman–Crippen MR) is 117 cm³/mol. The lowest BCUT2D eigenvalue weighted by molar-refractivity contribution is -0.137. The maximum Gasteiger partial charge on any atom is 0.330 e. The van der Waals surface area contributed by atoms with E-state index >= 15 is 0 Å². The third-order valence-corrected chi connectivity index (χ3v) is 6.09. The van der Waals surface area contributed by atoms with E-state index in [4.69, 9.17) is 4.74 Å². The van der Waals surface area contributed by atoms with Gasteiger partial charge in [-0.15, -0.1) is 0 Å². The van der Waals surface area contributed by atoms with E-state index < -0.39 is 10.8 Å². The fourth-order valence-electron chi connectivity index (χ4n) is 2.93. The molecule has 28 heavy (non-hydrogen) atoms. The molecule has 0 aliphatic rings. The van der Waals surface area contributed by atoms with Crippen LogP contribution in [-0.2, 0) is 26.8 Å². The summed E-state index contributed by atoms with van der Waals surface area (Å²) < 4.78 is 17.7. The van der Waals surface area contributed by atoms with Gasteiger partial charge in [0.05, 0.1) is 17.4 Å². The van der Waals surface area contributed by atoms with E-state index in [1.807, 2.05) is 49.4 Å². The van der Waals surface area contributed by atoms with Gasteiger partial charge >= 0.3 is 5.97 Å². The zero-order chi connectivity index (χ0) is 20.4. The molecule has 2 aromatic rings. The SMILES string of the molecule is CCCCOC(=O)/C=C/c1cccc(C)c1CCCS(=O)c1ccc(C)cc1. The summed E-state index contributed by atoms with van der Waals surface area (Å²) in [6.45, 7) is 6.63. The Kier molecular flexibility index (Phi) is 9.15. The lowest BCUT2D eigenvalue weighted by atomic mass is 9.97. The van der Waals surface area contributed by atoms with E-state index in [-0.39, 0.29) is 5.97 Å². The normalized spacial score (nSPS) is 12.2. The molecule has 0 saturated heterocycles. The van der Waals surface area contributed by atoms with Gasteiger partial charge in [0.25, 0.3) is 0 Å². The number of carbonyl (C=O) groups excluding carboxylic acids is 1. The first kappa shape index (κ1) is 22.1. The Hall–Kier alpha value is -2.20. The number of ether oxygens (including phenoxy) is 1. The van der Waals surface area contributed by atoms with Crippen molar-refractivity contribution in [3.05, 3.63) is 70.8 Å². The topological polar surface area (TPSA) is 43.4 Å². The number of esters is 1. The molecule has 2 rings (SSSR count). The number of benzene rings is 2. The van der Waals surface area contributed by atoms with Crippen LogP contribution in [0.5, 0.6) is 0 Å². The lowest BCUT2D eigenvalue weighted by Crippen LogP contribution is -2.03. The maximum atomic E-state index is 12.5.